The van der Waals surface area contributed by atoms with Gasteiger partial charge in [-0.25, -0.2) is 0 Å². The Hall–Kier alpha value is -2.01. The van der Waals surface area contributed by atoms with E-state index in [2.05, 4.69) is 37.5 Å². The van der Waals surface area contributed by atoms with E-state index in [1.807, 2.05) is 38.1 Å². The van der Waals surface area contributed by atoms with Crippen LogP contribution in [0.25, 0.3) is 5.69 Å². The fourth-order valence-electron chi connectivity index (χ4n) is 2.01. The number of aromatic nitrogens is 1. The average molecular weight is 240 g/mol. The van der Waals surface area contributed by atoms with Crippen LogP contribution >= 0.6 is 0 Å². The molecule has 94 valence electrons. The summed E-state index contributed by atoms with van der Waals surface area (Å²) in [6.45, 7) is 10.3. The zero-order valence-corrected chi connectivity index (χ0v) is 11.8. The molecule has 0 aliphatic heterocycles. The maximum Gasteiger partial charge on any atom is 0.0991 e. The predicted molar refractivity (Wildman–Crippen MR) is 76.0 cm³/mol. The lowest BCUT2D eigenvalue weighted by Crippen LogP contribution is -1.98. The number of benzene rings is 1. The molecule has 2 rings (SSSR count). The van der Waals surface area contributed by atoms with Crippen LogP contribution in [0.1, 0.15) is 36.4 Å². The zero-order valence-electron chi connectivity index (χ0n) is 11.8. The van der Waals surface area contributed by atoms with Crippen LogP contribution in [-0.4, -0.2) is 4.57 Å². The van der Waals surface area contributed by atoms with E-state index < -0.39 is 0 Å². The normalized spacial score (nSPS) is 9.33. The molecule has 0 atom stereocenters. The Labute approximate surface area is 109 Å². The summed E-state index contributed by atoms with van der Waals surface area (Å²) in [6.07, 6.45) is 0. The molecule has 18 heavy (non-hydrogen) atoms. The van der Waals surface area contributed by atoms with Gasteiger partial charge in [0.2, 0.25) is 0 Å². The van der Waals surface area contributed by atoms with Gasteiger partial charge in [0.05, 0.1) is 11.6 Å². The highest BCUT2D eigenvalue weighted by atomic mass is 15.0. The summed E-state index contributed by atoms with van der Waals surface area (Å²) >= 11 is 0. The van der Waals surface area contributed by atoms with Gasteiger partial charge in [0.15, 0.2) is 0 Å². The third kappa shape index (κ3) is 2.62. The molecule has 0 aliphatic carbocycles. The molecule has 0 saturated carbocycles. The second kappa shape index (κ2) is 6.07. The molecule has 0 fully saturated rings. The van der Waals surface area contributed by atoms with Crippen LogP contribution in [0.5, 0.6) is 0 Å². The Kier molecular flexibility index (Phi) is 4.74. The Balaban J connectivity index is 0.000000771. The lowest BCUT2D eigenvalue weighted by Gasteiger charge is -2.09. The molecule has 0 saturated heterocycles. The molecule has 1 aromatic carbocycles. The predicted octanol–water partition coefficient (Wildman–Crippen LogP) is 4.30. The van der Waals surface area contributed by atoms with Gasteiger partial charge < -0.3 is 4.57 Å². The monoisotopic (exact) mass is 240 g/mol. The Morgan fingerprint density at radius 1 is 1.00 bits per heavy atom. The molecule has 0 bridgehead atoms. The van der Waals surface area contributed by atoms with Crippen molar-refractivity contribution < 1.29 is 0 Å². The van der Waals surface area contributed by atoms with E-state index in [1.54, 1.807) is 0 Å². The second-order valence-electron chi connectivity index (χ2n) is 4.05. The van der Waals surface area contributed by atoms with Gasteiger partial charge in [-0.2, -0.15) is 5.26 Å². The first-order valence-corrected chi connectivity index (χ1v) is 6.29. The topological polar surface area (TPSA) is 28.7 Å². The number of rotatable bonds is 1. The van der Waals surface area contributed by atoms with Crippen molar-refractivity contribution >= 4 is 0 Å². The summed E-state index contributed by atoms with van der Waals surface area (Å²) in [5, 5.41) is 8.76. The molecular formula is C16H20N2. The first kappa shape index (κ1) is 14.1. The van der Waals surface area contributed by atoms with Crippen molar-refractivity contribution in [2.24, 2.45) is 0 Å². The van der Waals surface area contributed by atoms with E-state index in [0.717, 1.165) is 5.69 Å². The van der Waals surface area contributed by atoms with Gasteiger partial charge in [-0.3, -0.25) is 0 Å². The van der Waals surface area contributed by atoms with Gasteiger partial charge in [-0.1, -0.05) is 13.8 Å². The molecule has 2 aromatic rings. The first-order valence-electron chi connectivity index (χ1n) is 6.29. The highest BCUT2D eigenvalue weighted by Crippen LogP contribution is 2.20. The van der Waals surface area contributed by atoms with E-state index in [9.17, 15) is 0 Å². The second-order valence-corrected chi connectivity index (χ2v) is 4.05. The number of aryl methyl sites for hydroxylation is 2. The van der Waals surface area contributed by atoms with Crippen molar-refractivity contribution in [3.63, 3.8) is 0 Å². The standard InChI is InChI=1S/C14H14N2.C2H6/c1-10-8-11(2)16(12(10)3)14-6-4-13(9-15)5-7-14;1-2/h4-8H,1-3H3;1-2H3. The van der Waals surface area contributed by atoms with Crippen molar-refractivity contribution in [2.45, 2.75) is 34.6 Å². The number of nitrogens with zero attached hydrogens (tertiary/aromatic N) is 2. The number of nitriles is 1. The van der Waals surface area contributed by atoms with E-state index in [0.29, 0.717) is 5.56 Å². The van der Waals surface area contributed by atoms with Crippen LogP contribution in [0, 0.1) is 32.1 Å². The molecule has 2 heteroatoms. The minimum atomic E-state index is 0.697. The summed E-state index contributed by atoms with van der Waals surface area (Å²) < 4.78 is 2.20. The first-order chi connectivity index (χ1) is 8.63. The van der Waals surface area contributed by atoms with Crippen molar-refractivity contribution in [3.05, 3.63) is 52.8 Å². The maximum absolute atomic E-state index is 8.76. The summed E-state index contributed by atoms with van der Waals surface area (Å²) in [4.78, 5) is 0. The molecule has 0 N–H and O–H groups in total. The number of hydrogen-bond acceptors (Lipinski definition) is 1. The quantitative estimate of drug-likeness (QED) is 0.730. The molecular weight excluding hydrogens is 220 g/mol. The van der Waals surface area contributed by atoms with Crippen molar-refractivity contribution in [1.82, 2.24) is 4.57 Å². The van der Waals surface area contributed by atoms with Gasteiger partial charge in [0.25, 0.3) is 0 Å². The smallest absolute Gasteiger partial charge is 0.0991 e. The van der Waals surface area contributed by atoms with E-state index in [-0.39, 0.29) is 0 Å². The van der Waals surface area contributed by atoms with E-state index in [1.165, 1.54) is 17.0 Å². The molecule has 1 heterocycles. The largest absolute Gasteiger partial charge is 0.318 e. The summed E-state index contributed by atoms with van der Waals surface area (Å²) in [5.74, 6) is 0. The molecule has 0 radical (unpaired) electrons. The molecule has 0 aliphatic rings. The van der Waals surface area contributed by atoms with Crippen molar-refractivity contribution in [3.8, 4) is 11.8 Å². The van der Waals surface area contributed by atoms with Crippen LogP contribution in [0.3, 0.4) is 0 Å². The van der Waals surface area contributed by atoms with Crippen LogP contribution in [0.4, 0.5) is 0 Å². The molecule has 2 nitrogen and oxygen atoms in total. The fraction of sp³-hybridized carbons (Fsp3) is 0.312. The van der Waals surface area contributed by atoms with Crippen molar-refractivity contribution in [2.75, 3.05) is 0 Å². The van der Waals surface area contributed by atoms with Crippen LogP contribution in [-0.2, 0) is 0 Å². The third-order valence-corrected chi connectivity index (χ3v) is 2.94. The van der Waals surface area contributed by atoms with E-state index >= 15 is 0 Å². The summed E-state index contributed by atoms with van der Waals surface area (Å²) in [6, 6.07) is 12.0. The van der Waals surface area contributed by atoms with Gasteiger partial charge in [0.1, 0.15) is 0 Å². The Bertz CT molecular complexity index is 554. The minimum Gasteiger partial charge on any atom is -0.318 e. The van der Waals surface area contributed by atoms with Gasteiger partial charge >= 0.3 is 0 Å². The lowest BCUT2D eigenvalue weighted by molar-refractivity contribution is 0.960. The van der Waals surface area contributed by atoms with Crippen LogP contribution in [0.15, 0.2) is 30.3 Å². The fourth-order valence-corrected chi connectivity index (χ4v) is 2.01. The Morgan fingerprint density at radius 2 is 1.56 bits per heavy atom. The van der Waals surface area contributed by atoms with Crippen LogP contribution < -0.4 is 0 Å². The van der Waals surface area contributed by atoms with Crippen molar-refractivity contribution in [1.29, 1.82) is 5.26 Å². The van der Waals surface area contributed by atoms with Gasteiger partial charge in [-0.05, 0) is 56.7 Å². The lowest BCUT2D eigenvalue weighted by atomic mass is 10.2. The Morgan fingerprint density at radius 3 is 1.94 bits per heavy atom. The summed E-state index contributed by atoms with van der Waals surface area (Å²) in [5.41, 5.74) is 5.58. The molecule has 0 spiro atoms. The highest BCUT2D eigenvalue weighted by molar-refractivity contribution is 5.44. The summed E-state index contributed by atoms with van der Waals surface area (Å²) in [7, 11) is 0. The molecule has 1 aromatic heterocycles. The molecule has 0 unspecified atom stereocenters. The van der Waals surface area contributed by atoms with Gasteiger partial charge in [0, 0.05) is 17.1 Å². The number of hydrogen-bond donors (Lipinski definition) is 0. The van der Waals surface area contributed by atoms with E-state index in [4.69, 9.17) is 5.26 Å². The SMILES string of the molecule is CC.Cc1cc(C)n(-c2ccc(C#N)cc2)c1C. The maximum atomic E-state index is 8.76. The highest BCUT2D eigenvalue weighted by Gasteiger charge is 2.07. The molecule has 0 amide bonds. The van der Waals surface area contributed by atoms with Crippen LogP contribution in [0.2, 0.25) is 0 Å². The van der Waals surface area contributed by atoms with Gasteiger partial charge in [-0.15, -0.1) is 0 Å². The average Bonchev–Trinajstić information content (AvgIpc) is 2.66. The minimum absolute atomic E-state index is 0.697. The zero-order chi connectivity index (χ0) is 13.7. The third-order valence-electron chi connectivity index (χ3n) is 2.94.